The van der Waals surface area contributed by atoms with Crippen LogP contribution in [0.25, 0.3) is 22.5 Å². The molecule has 210 valence electrons. The number of para-hydroxylation sites is 1. The summed E-state index contributed by atoms with van der Waals surface area (Å²) >= 11 is 6.14. The molecule has 5 rings (SSSR count). The van der Waals surface area contributed by atoms with E-state index in [9.17, 15) is 14.7 Å². The fraction of sp³-hybridized carbons (Fsp3) is 0.273. The van der Waals surface area contributed by atoms with Crippen molar-refractivity contribution < 1.29 is 14.7 Å². The second kappa shape index (κ2) is 13.1. The fourth-order valence-corrected chi connectivity index (χ4v) is 5.09. The monoisotopic (exact) mass is 568 g/mol. The molecule has 0 fully saturated rings. The molecule has 41 heavy (non-hydrogen) atoms. The second-order valence-corrected chi connectivity index (χ2v) is 10.8. The number of benzene rings is 3. The lowest BCUT2D eigenvalue weighted by Crippen LogP contribution is -2.46. The van der Waals surface area contributed by atoms with Crippen LogP contribution >= 0.6 is 11.6 Å². The number of hydrogen-bond acceptors (Lipinski definition) is 5. The molecule has 0 spiro atoms. The van der Waals surface area contributed by atoms with E-state index in [-0.39, 0.29) is 18.2 Å². The molecule has 1 unspecified atom stereocenters. The maximum atomic E-state index is 13.1. The van der Waals surface area contributed by atoms with Gasteiger partial charge in [0.15, 0.2) is 5.82 Å². The molecular weight excluding hydrogens is 536 g/mol. The Hall–Kier alpha value is -4.07. The predicted molar refractivity (Wildman–Crippen MR) is 163 cm³/mol. The zero-order valence-electron chi connectivity index (χ0n) is 23.0. The molecule has 1 aliphatic rings. The van der Waals surface area contributed by atoms with Crippen LogP contribution in [0.2, 0.25) is 5.02 Å². The van der Waals surface area contributed by atoms with Crippen LogP contribution in [0.5, 0.6) is 0 Å². The number of rotatable bonds is 10. The first-order valence-electron chi connectivity index (χ1n) is 14.0. The number of aliphatic hydroxyl groups excluding tert-OH is 1. The van der Waals surface area contributed by atoms with E-state index in [2.05, 4.69) is 5.32 Å². The van der Waals surface area contributed by atoms with E-state index in [1.54, 1.807) is 4.90 Å². The number of nitrogens with zero attached hydrogens (tertiary/aromatic N) is 3. The Morgan fingerprint density at radius 2 is 1.54 bits per heavy atom. The Kier molecular flexibility index (Phi) is 9.07. The van der Waals surface area contributed by atoms with Crippen molar-refractivity contribution in [1.82, 2.24) is 9.97 Å². The van der Waals surface area contributed by atoms with E-state index < -0.39 is 6.10 Å². The number of amides is 2. The summed E-state index contributed by atoms with van der Waals surface area (Å²) in [6.07, 6.45) is 2.57. The highest BCUT2D eigenvalue weighted by Crippen LogP contribution is 2.35. The van der Waals surface area contributed by atoms with Crippen molar-refractivity contribution in [3.63, 3.8) is 0 Å². The topological polar surface area (TPSA) is 95.4 Å². The van der Waals surface area contributed by atoms with E-state index in [0.29, 0.717) is 40.9 Å². The van der Waals surface area contributed by atoms with Gasteiger partial charge in [0.05, 0.1) is 17.1 Å². The number of halogens is 1. The van der Waals surface area contributed by atoms with E-state index in [0.717, 1.165) is 48.1 Å². The van der Waals surface area contributed by atoms with Crippen molar-refractivity contribution in [3.05, 3.63) is 95.1 Å². The van der Waals surface area contributed by atoms with E-state index in [4.69, 9.17) is 21.6 Å². The van der Waals surface area contributed by atoms with Gasteiger partial charge in [-0.15, -0.1) is 0 Å². The zero-order valence-corrected chi connectivity index (χ0v) is 23.8. The lowest BCUT2D eigenvalue weighted by molar-refractivity contribution is -0.127. The predicted octanol–water partition coefficient (Wildman–Crippen LogP) is 6.61. The van der Waals surface area contributed by atoms with Crippen molar-refractivity contribution in [1.29, 1.82) is 0 Å². The first-order chi connectivity index (χ1) is 19.9. The van der Waals surface area contributed by atoms with Crippen LogP contribution in [0.15, 0.2) is 78.9 Å². The standard InChI is InChI=1S/C33H33ClN4O3/c1-22-12-14-23(15-13-22)31-30(24-16-18-25(34)19-17-24)36-27-21-28(39)33(41)38(32(27)37-31)20-8-3-2-7-11-29(40)35-26-9-5-4-6-10-26/h4-6,9-10,12-19,28,39H,2-3,7-8,11,20-21H2,1H3,(H,35,40). The number of anilines is 2. The minimum atomic E-state index is -1.17. The molecule has 8 heteroatoms. The summed E-state index contributed by atoms with van der Waals surface area (Å²) in [7, 11) is 0. The third-order valence-electron chi connectivity index (χ3n) is 7.18. The molecule has 2 heterocycles. The highest BCUT2D eigenvalue weighted by atomic mass is 35.5. The summed E-state index contributed by atoms with van der Waals surface area (Å²) in [5.74, 6) is 0.133. The van der Waals surface area contributed by atoms with Gasteiger partial charge in [-0.1, -0.05) is 84.6 Å². The number of unbranched alkanes of at least 4 members (excludes halogenated alkanes) is 3. The summed E-state index contributed by atoms with van der Waals surface area (Å²) in [6.45, 7) is 2.45. The van der Waals surface area contributed by atoms with Crippen LogP contribution in [0.1, 0.15) is 43.4 Å². The van der Waals surface area contributed by atoms with Gasteiger partial charge in [-0.3, -0.25) is 14.5 Å². The van der Waals surface area contributed by atoms with Crippen LogP contribution in [0, 0.1) is 6.92 Å². The molecule has 2 N–H and O–H groups in total. The highest BCUT2D eigenvalue weighted by molar-refractivity contribution is 6.30. The summed E-state index contributed by atoms with van der Waals surface area (Å²) in [4.78, 5) is 36.8. The number of aryl methyl sites for hydroxylation is 1. The van der Waals surface area contributed by atoms with E-state index >= 15 is 0 Å². The number of aromatic nitrogens is 2. The van der Waals surface area contributed by atoms with Crippen molar-refractivity contribution in [3.8, 4) is 22.5 Å². The van der Waals surface area contributed by atoms with Gasteiger partial charge in [-0.2, -0.15) is 0 Å². The molecule has 0 bridgehead atoms. The zero-order chi connectivity index (χ0) is 28.8. The summed E-state index contributed by atoms with van der Waals surface area (Å²) in [5, 5.41) is 14.1. The number of nitrogens with one attached hydrogen (secondary N) is 1. The Morgan fingerprint density at radius 1 is 0.902 bits per heavy atom. The van der Waals surface area contributed by atoms with Crippen molar-refractivity contribution >= 4 is 34.9 Å². The Bertz CT molecular complexity index is 1510. The minimum Gasteiger partial charge on any atom is -0.383 e. The molecule has 2 amide bonds. The molecule has 1 aliphatic heterocycles. The van der Waals surface area contributed by atoms with Crippen molar-refractivity contribution in [2.24, 2.45) is 0 Å². The fourth-order valence-electron chi connectivity index (χ4n) is 4.96. The summed E-state index contributed by atoms with van der Waals surface area (Å²) in [6, 6.07) is 24.9. The van der Waals surface area contributed by atoms with E-state index in [1.165, 1.54) is 0 Å². The lowest BCUT2D eigenvalue weighted by Gasteiger charge is -2.31. The molecule has 3 aromatic carbocycles. The molecule has 1 aromatic heterocycles. The number of aliphatic hydroxyl groups is 1. The molecule has 0 aliphatic carbocycles. The molecule has 7 nitrogen and oxygen atoms in total. The van der Waals surface area contributed by atoms with Gasteiger partial charge in [-0.25, -0.2) is 9.97 Å². The molecule has 0 saturated carbocycles. The largest absolute Gasteiger partial charge is 0.383 e. The quantitative estimate of drug-likeness (QED) is 0.210. The van der Waals surface area contributed by atoms with Crippen LogP contribution in [-0.4, -0.2) is 39.5 Å². The van der Waals surface area contributed by atoms with Gasteiger partial charge < -0.3 is 10.4 Å². The first-order valence-corrected chi connectivity index (χ1v) is 14.3. The Morgan fingerprint density at radius 3 is 2.24 bits per heavy atom. The van der Waals surface area contributed by atoms with E-state index in [1.807, 2.05) is 85.8 Å². The van der Waals surface area contributed by atoms with Gasteiger partial charge >= 0.3 is 0 Å². The van der Waals surface area contributed by atoms with Gasteiger partial charge in [0.2, 0.25) is 5.91 Å². The number of carbonyl (C=O) groups is 2. The SMILES string of the molecule is Cc1ccc(-c2nc3c(nc2-c2ccc(Cl)cc2)CC(O)C(=O)N3CCCCCCC(=O)Nc2ccccc2)cc1. The minimum absolute atomic E-state index is 0.00476. The van der Waals surface area contributed by atoms with Gasteiger partial charge in [0.1, 0.15) is 6.10 Å². The lowest BCUT2D eigenvalue weighted by atomic mass is 10.0. The first kappa shape index (κ1) is 28.5. The Balaban J connectivity index is 1.30. The van der Waals surface area contributed by atoms with Crippen LogP contribution < -0.4 is 10.2 Å². The number of carbonyl (C=O) groups excluding carboxylic acids is 2. The molecular formula is C33H33ClN4O3. The molecule has 4 aromatic rings. The summed E-state index contributed by atoms with van der Waals surface area (Å²) in [5.41, 5.74) is 5.62. The average molecular weight is 569 g/mol. The van der Waals surface area contributed by atoms with Crippen molar-refractivity contribution in [2.45, 2.75) is 51.6 Å². The highest BCUT2D eigenvalue weighted by Gasteiger charge is 2.34. The average Bonchev–Trinajstić information content (AvgIpc) is 2.97. The third-order valence-corrected chi connectivity index (χ3v) is 7.43. The van der Waals surface area contributed by atoms with Gasteiger partial charge in [-0.05, 0) is 44.0 Å². The van der Waals surface area contributed by atoms with Gasteiger partial charge in [0, 0.05) is 41.2 Å². The maximum absolute atomic E-state index is 13.1. The number of fused-ring (bicyclic) bond motifs is 1. The second-order valence-electron chi connectivity index (χ2n) is 10.4. The number of hydrogen-bond donors (Lipinski definition) is 2. The van der Waals surface area contributed by atoms with Crippen LogP contribution in [-0.2, 0) is 16.0 Å². The van der Waals surface area contributed by atoms with Crippen LogP contribution in [0.4, 0.5) is 11.5 Å². The third kappa shape index (κ3) is 6.99. The van der Waals surface area contributed by atoms with Crippen LogP contribution in [0.3, 0.4) is 0 Å². The maximum Gasteiger partial charge on any atom is 0.257 e. The molecule has 1 atom stereocenters. The molecule has 0 radical (unpaired) electrons. The van der Waals surface area contributed by atoms with Gasteiger partial charge in [0.25, 0.3) is 5.91 Å². The Labute approximate surface area is 245 Å². The summed E-state index contributed by atoms with van der Waals surface area (Å²) < 4.78 is 0. The normalized spacial score (nSPS) is 14.6. The van der Waals surface area contributed by atoms with Crippen molar-refractivity contribution in [2.75, 3.05) is 16.8 Å². The molecule has 0 saturated heterocycles. The smallest absolute Gasteiger partial charge is 0.257 e.